The van der Waals surface area contributed by atoms with Crippen molar-refractivity contribution in [3.63, 3.8) is 0 Å². The first-order valence-corrected chi connectivity index (χ1v) is 5.01. The molecule has 0 amide bonds. The molecule has 0 aliphatic carbocycles. The summed E-state index contributed by atoms with van der Waals surface area (Å²) in [5.74, 6) is 1.20. The average molecular weight is 197 g/mol. The molecule has 0 saturated carbocycles. The Balaban J connectivity index is 2.05. The van der Waals surface area contributed by atoms with Crippen molar-refractivity contribution in [3.05, 3.63) is 11.7 Å². The van der Waals surface area contributed by atoms with Crippen LogP contribution in [0.5, 0.6) is 0 Å². The second kappa shape index (κ2) is 4.06. The lowest BCUT2D eigenvalue weighted by Crippen LogP contribution is -2.26. The van der Waals surface area contributed by atoms with Crippen LogP contribution in [0.15, 0.2) is 4.52 Å². The van der Waals surface area contributed by atoms with Crippen molar-refractivity contribution >= 4 is 0 Å². The molecule has 1 aromatic rings. The van der Waals surface area contributed by atoms with Crippen molar-refractivity contribution in [2.75, 3.05) is 6.61 Å². The molecular weight excluding hydrogens is 182 g/mol. The maximum Gasteiger partial charge on any atom is 0.226 e. The van der Waals surface area contributed by atoms with Crippen molar-refractivity contribution in [2.24, 2.45) is 5.73 Å². The second-order valence-corrected chi connectivity index (χ2v) is 3.48. The number of ether oxygens (including phenoxy) is 1. The zero-order valence-corrected chi connectivity index (χ0v) is 8.27. The van der Waals surface area contributed by atoms with Crippen molar-refractivity contribution in [1.29, 1.82) is 0 Å². The van der Waals surface area contributed by atoms with Gasteiger partial charge in [-0.15, -0.1) is 0 Å². The van der Waals surface area contributed by atoms with E-state index >= 15 is 0 Å². The highest BCUT2D eigenvalue weighted by atomic mass is 16.5. The maximum absolute atomic E-state index is 5.96. The van der Waals surface area contributed by atoms with Crippen LogP contribution in [-0.2, 0) is 11.2 Å². The Bertz CT molecular complexity index is 294. The quantitative estimate of drug-likeness (QED) is 0.776. The molecular formula is C9H15N3O2. The molecule has 5 nitrogen and oxygen atoms in total. The van der Waals surface area contributed by atoms with E-state index in [1.807, 2.05) is 6.92 Å². The third-order valence-corrected chi connectivity index (χ3v) is 2.45. The van der Waals surface area contributed by atoms with Gasteiger partial charge in [-0.3, -0.25) is 0 Å². The number of hydrogen-bond donors (Lipinski definition) is 1. The predicted molar refractivity (Wildman–Crippen MR) is 49.6 cm³/mol. The summed E-state index contributed by atoms with van der Waals surface area (Å²) in [5, 5.41) is 3.84. The van der Waals surface area contributed by atoms with E-state index in [-0.39, 0.29) is 12.1 Å². The van der Waals surface area contributed by atoms with Crippen LogP contribution < -0.4 is 5.73 Å². The zero-order valence-electron chi connectivity index (χ0n) is 8.27. The summed E-state index contributed by atoms with van der Waals surface area (Å²) in [6.45, 7) is 2.76. The summed E-state index contributed by atoms with van der Waals surface area (Å²) in [4.78, 5) is 4.19. The van der Waals surface area contributed by atoms with Crippen molar-refractivity contribution in [2.45, 2.75) is 38.3 Å². The first-order valence-electron chi connectivity index (χ1n) is 5.01. The van der Waals surface area contributed by atoms with Crippen LogP contribution in [0, 0.1) is 0 Å². The van der Waals surface area contributed by atoms with Gasteiger partial charge in [0.2, 0.25) is 5.89 Å². The third-order valence-electron chi connectivity index (χ3n) is 2.45. The standard InChI is InChI=1S/C9H15N3O2/c1-2-7-11-9(12-14-7)8(10)6-4-3-5-13-6/h6,8H,2-5,10H2,1H3. The van der Waals surface area contributed by atoms with E-state index in [4.69, 9.17) is 15.0 Å². The highest BCUT2D eigenvalue weighted by Gasteiger charge is 2.27. The molecule has 2 atom stereocenters. The molecule has 1 saturated heterocycles. The predicted octanol–water partition coefficient (Wildman–Crippen LogP) is 0.811. The first kappa shape index (κ1) is 9.61. The zero-order chi connectivity index (χ0) is 9.97. The largest absolute Gasteiger partial charge is 0.376 e. The summed E-state index contributed by atoms with van der Waals surface area (Å²) >= 11 is 0. The van der Waals surface area contributed by atoms with Crippen LogP contribution >= 0.6 is 0 Å². The Labute approximate surface area is 82.6 Å². The number of aryl methyl sites for hydroxylation is 1. The van der Waals surface area contributed by atoms with E-state index in [1.165, 1.54) is 0 Å². The molecule has 1 fully saturated rings. The summed E-state index contributed by atoms with van der Waals surface area (Å²) in [6.07, 6.45) is 2.84. The lowest BCUT2D eigenvalue weighted by molar-refractivity contribution is 0.0870. The van der Waals surface area contributed by atoms with Gasteiger partial charge in [-0.05, 0) is 12.8 Å². The minimum absolute atomic E-state index is 0.0531. The van der Waals surface area contributed by atoms with Gasteiger partial charge in [-0.1, -0.05) is 12.1 Å². The van der Waals surface area contributed by atoms with Crippen LogP contribution in [0.4, 0.5) is 0 Å². The molecule has 0 spiro atoms. The van der Waals surface area contributed by atoms with Crippen molar-refractivity contribution in [3.8, 4) is 0 Å². The summed E-state index contributed by atoms with van der Waals surface area (Å²) < 4.78 is 10.5. The number of rotatable bonds is 3. The van der Waals surface area contributed by atoms with Gasteiger partial charge in [0.05, 0.1) is 12.1 Å². The average Bonchev–Trinajstić information content (AvgIpc) is 2.88. The molecule has 2 N–H and O–H groups in total. The van der Waals surface area contributed by atoms with Crippen LogP contribution in [-0.4, -0.2) is 22.9 Å². The van der Waals surface area contributed by atoms with Crippen molar-refractivity contribution in [1.82, 2.24) is 10.1 Å². The van der Waals surface area contributed by atoms with Gasteiger partial charge in [0.1, 0.15) is 0 Å². The first-order chi connectivity index (χ1) is 6.81. The van der Waals surface area contributed by atoms with Gasteiger partial charge in [0.25, 0.3) is 0 Å². The van der Waals surface area contributed by atoms with Gasteiger partial charge < -0.3 is 15.0 Å². The smallest absolute Gasteiger partial charge is 0.226 e. The van der Waals surface area contributed by atoms with Crippen LogP contribution in [0.3, 0.4) is 0 Å². The molecule has 0 bridgehead atoms. The lowest BCUT2D eigenvalue weighted by Gasteiger charge is -2.13. The SMILES string of the molecule is CCc1nc(C(N)C2CCCO2)no1. The van der Waals surface area contributed by atoms with E-state index in [0.29, 0.717) is 11.7 Å². The maximum atomic E-state index is 5.96. The summed E-state index contributed by atoms with van der Waals surface area (Å²) in [7, 11) is 0. The van der Waals surface area contributed by atoms with Gasteiger partial charge in [0.15, 0.2) is 5.82 Å². The number of hydrogen-bond acceptors (Lipinski definition) is 5. The fourth-order valence-electron chi connectivity index (χ4n) is 1.60. The van der Waals surface area contributed by atoms with Crippen LogP contribution in [0.2, 0.25) is 0 Å². The number of nitrogens with two attached hydrogens (primary N) is 1. The van der Waals surface area contributed by atoms with E-state index in [2.05, 4.69) is 10.1 Å². The van der Waals surface area contributed by atoms with Gasteiger partial charge in [-0.25, -0.2) is 0 Å². The Morgan fingerprint density at radius 1 is 1.64 bits per heavy atom. The molecule has 2 unspecified atom stereocenters. The molecule has 5 heteroatoms. The van der Waals surface area contributed by atoms with Crippen LogP contribution in [0.1, 0.15) is 37.5 Å². The van der Waals surface area contributed by atoms with Gasteiger partial charge in [0, 0.05) is 13.0 Å². The second-order valence-electron chi connectivity index (χ2n) is 3.48. The minimum atomic E-state index is -0.249. The van der Waals surface area contributed by atoms with E-state index < -0.39 is 0 Å². The van der Waals surface area contributed by atoms with Gasteiger partial charge in [-0.2, -0.15) is 4.98 Å². The molecule has 0 radical (unpaired) electrons. The molecule has 1 aliphatic rings. The lowest BCUT2D eigenvalue weighted by atomic mass is 10.1. The fourth-order valence-corrected chi connectivity index (χ4v) is 1.60. The topological polar surface area (TPSA) is 74.2 Å². The fraction of sp³-hybridized carbons (Fsp3) is 0.778. The van der Waals surface area contributed by atoms with E-state index in [0.717, 1.165) is 25.9 Å². The third kappa shape index (κ3) is 1.78. The molecule has 0 aromatic carbocycles. The molecule has 78 valence electrons. The van der Waals surface area contributed by atoms with E-state index in [9.17, 15) is 0 Å². The van der Waals surface area contributed by atoms with Crippen LogP contribution in [0.25, 0.3) is 0 Å². The molecule has 2 rings (SSSR count). The Morgan fingerprint density at radius 3 is 3.07 bits per heavy atom. The Kier molecular flexibility index (Phi) is 2.79. The normalized spacial score (nSPS) is 24.0. The molecule has 1 aliphatic heterocycles. The molecule has 2 heterocycles. The number of aromatic nitrogens is 2. The number of nitrogens with zero attached hydrogens (tertiary/aromatic N) is 2. The monoisotopic (exact) mass is 197 g/mol. The molecule has 1 aromatic heterocycles. The summed E-state index contributed by atoms with van der Waals surface area (Å²) in [5.41, 5.74) is 5.96. The highest BCUT2D eigenvalue weighted by molar-refractivity contribution is 4.97. The minimum Gasteiger partial charge on any atom is -0.376 e. The Morgan fingerprint density at radius 2 is 2.50 bits per heavy atom. The van der Waals surface area contributed by atoms with E-state index in [1.54, 1.807) is 0 Å². The van der Waals surface area contributed by atoms with Crippen molar-refractivity contribution < 1.29 is 9.26 Å². The Hall–Kier alpha value is -0.940. The molecule has 14 heavy (non-hydrogen) atoms. The van der Waals surface area contributed by atoms with Gasteiger partial charge >= 0.3 is 0 Å². The highest BCUT2D eigenvalue weighted by Crippen LogP contribution is 2.22. The summed E-state index contributed by atoms with van der Waals surface area (Å²) in [6, 6.07) is -0.249.